The SMILES string of the molecule is CCS(=O)(=O)NCCCNC(=NC)N1CCN(c2cccc(C)c2C)CC1. The maximum Gasteiger partial charge on any atom is 0.211 e. The van der Waals surface area contributed by atoms with Gasteiger partial charge in [-0.05, 0) is 44.4 Å². The number of guanidine groups is 1. The molecular weight excluding hydrogens is 362 g/mol. The van der Waals surface area contributed by atoms with Crippen LogP contribution in [0, 0.1) is 13.8 Å². The molecule has 0 atom stereocenters. The fraction of sp³-hybridized carbons (Fsp3) is 0.632. The molecule has 0 aromatic heterocycles. The summed E-state index contributed by atoms with van der Waals surface area (Å²) in [5.74, 6) is 1.00. The molecule has 1 aliphatic rings. The average molecular weight is 396 g/mol. The third-order valence-electron chi connectivity index (χ3n) is 5.05. The van der Waals surface area contributed by atoms with Crippen molar-refractivity contribution in [3.8, 4) is 0 Å². The fourth-order valence-corrected chi connectivity index (χ4v) is 3.85. The van der Waals surface area contributed by atoms with E-state index < -0.39 is 10.0 Å². The Morgan fingerprint density at radius 1 is 1.15 bits per heavy atom. The van der Waals surface area contributed by atoms with Crippen molar-refractivity contribution in [1.82, 2.24) is 14.9 Å². The first-order chi connectivity index (χ1) is 12.9. The van der Waals surface area contributed by atoms with E-state index in [0.29, 0.717) is 13.1 Å². The van der Waals surface area contributed by atoms with Gasteiger partial charge in [0.2, 0.25) is 10.0 Å². The van der Waals surface area contributed by atoms with Crippen LogP contribution in [0.1, 0.15) is 24.5 Å². The molecule has 27 heavy (non-hydrogen) atoms. The molecule has 1 aromatic carbocycles. The van der Waals surface area contributed by atoms with Crippen molar-refractivity contribution < 1.29 is 8.42 Å². The van der Waals surface area contributed by atoms with Gasteiger partial charge in [-0.3, -0.25) is 4.99 Å². The second-order valence-electron chi connectivity index (χ2n) is 6.82. The van der Waals surface area contributed by atoms with Crippen LogP contribution in [0.15, 0.2) is 23.2 Å². The van der Waals surface area contributed by atoms with Crippen LogP contribution in [-0.2, 0) is 10.0 Å². The lowest BCUT2D eigenvalue weighted by Gasteiger charge is -2.38. The summed E-state index contributed by atoms with van der Waals surface area (Å²) < 4.78 is 25.4. The summed E-state index contributed by atoms with van der Waals surface area (Å²) in [4.78, 5) is 9.08. The molecule has 0 radical (unpaired) electrons. The molecule has 0 aliphatic carbocycles. The molecule has 1 aliphatic heterocycles. The maximum absolute atomic E-state index is 11.4. The molecule has 1 fully saturated rings. The number of hydrogen-bond acceptors (Lipinski definition) is 4. The van der Waals surface area contributed by atoms with E-state index in [-0.39, 0.29) is 5.75 Å². The van der Waals surface area contributed by atoms with E-state index >= 15 is 0 Å². The number of nitrogens with zero attached hydrogens (tertiary/aromatic N) is 3. The molecule has 2 rings (SSSR count). The number of piperazine rings is 1. The number of sulfonamides is 1. The molecule has 152 valence electrons. The lowest BCUT2D eigenvalue weighted by atomic mass is 10.1. The molecule has 2 N–H and O–H groups in total. The minimum Gasteiger partial charge on any atom is -0.368 e. The van der Waals surface area contributed by atoms with Crippen molar-refractivity contribution >= 4 is 21.7 Å². The van der Waals surface area contributed by atoms with Crippen LogP contribution in [0.3, 0.4) is 0 Å². The molecule has 0 saturated carbocycles. The van der Waals surface area contributed by atoms with Crippen molar-refractivity contribution in [2.45, 2.75) is 27.2 Å². The van der Waals surface area contributed by atoms with Gasteiger partial charge in [-0.25, -0.2) is 13.1 Å². The topological polar surface area (TPSA) is 77.0 Å². The summed E-state index contributed by atoms with van der Waals surface area (Å²) >= 11 is 0. The Kier molecular flexibility index (Phi) is 7.91. The smallest absolute Gasteiger partial charge is 0.211 e. The van der Waals surface area contributed by atoms with Crippen molar-refractivity contribution in [2.24, 2.45) is 4.99 Å². The van der Waals surface area contributed by atoms with E-state index in [1.807, 2.05) is 0 Å². The Labute approximate surface area is 163 Å². The van der Waals surface area contributed by atoms with Crippen LogP contribution in [0.4, 0.5) is 5.69 Å². The minimum absolute atomic E-state index is 0.118. The highest BCUT2D eigenvalue weighted by Crippen LogP contribution is 2.23. The zero-order chi connectivity index (χ0) is 19.9. The maximum atomic E-state index is 11.4. The molecule has 8 heteroatoms. The van der Waals surface area contributed by atoms with Crippen molar-refractivity contribution in [1.29, 1.82) is 0 Å². The Morgan fingerprint density at radius 3 is 2.48 bits per heavy atom. The number of aryl methyl sites for hydroxylation is 1. The van der Waals surface area contributed by atoms with Crippen LogP contribution in [0.25, 0.3) is 0 Å². The first-order valence-electron chi connectivity index (χ1n) is 9.62. The lowest BCUT2D eigenvalue weighted by molar-refractivity contribution is 0.372. The highest BCUT2D eigenvalue weighted by atomic mass is 32.2. The number of benzene rings is 1. The largest absolute Gasteiger partial charge is 0.368 e. The fourth-order valence-electron chi connectivity index (χ4n) is 3.19. The summed E-state index contributed by atoms with van der Waals surface area (Å²) in [6.07, 6.45) is 0.723. The predicted molar refractivity (Wildman–Crippen MR) is 113 cm³/mol. The second kappa shape index (κ2) is 9.94. The highest BCUT2D eigenvalue weighted by Gasteiger charge is 2.20. The molecule has 1 saturated heterocycles. The zero-order valence-electron chi connectivity index (χ0n) is 17.0. The molecule has 1 heterocycles. The van der Waals surface area contributed by atoms with Gasteiger partial charge in [0.25, 0.3) is 0 Å². The van der Waals surface area contributed by atoms with E-state index in [1.54, 1.807) is 14.0 Å². The Balaban J connectivity index is 1.79. The Hall–Kier alpha value is -1.80. The molecular formula is C19H33N5O2S. The molecule has 0 bridgehead atoms. The number of anilines is 1. The first-order valence-corrected chi connectivity index (χ1v) is 11.3. The van der Waals surface area contributed by atoms with E-state index in [1.165, 1.54) is 16.8 Å². The lowest BCUT2D eigenvalue weighted by Crippen LogP contribution is -2.53. The summed E-state index contributed by atoms with van der Waals surface area (Å²) in [6, 6.07) is 6.47. The summed E-state index contributed by atoms with van der Waals surface area (Å²) in [7, 11) is -1.32. The van der Waals surface area contributed by atoms with Crippen molar-refractivity contribution in [2.75, 3.05) is 57.0 Å². The van der Waals surface area contributed by atoms with Gasteiger partial charge in [0, 0.05) is 52.0 Å². The van der Waals surface area contributed by atoms with Gasteiger partial charge >= 0.3 is 0 Å². The highest BCUT2D eigenvalue weighted by molar-refractivity contribution is 7.89. The summed E-state index contributed by atoms with van der Waals surface area (Å²) in [6.45, 7) is 10.9. The summed E-state index contributed by atoms with van der Waals surface area (Å²) in [5, 5.41) is 3.34. The molecule has 1 aromatic rings. The van der Waals surface area contributed by atoms with Gasteiger partial charge < -0.3 is 15.1 Å². The van der Waals surface area contributed by atoms with Crippen LogP contribution in [0.2, 0.25) is 0 Å². The van der Waals surface area contributed by atoms with Crippen LogP contribution < -0.4 is 14.9 Å². The molecule has 7 nitrogen and oxygen atoms in total. The molecule has 0 spiro atoms. The monoisotopic (exact) mass is 395 g/mol. The zero-order valence-corrected chi connectivity index (χ0v) is 17.8. The number of hydrogen-bond donors (Lipinski definition) is 2. The minimum atomic E-state index is -3.11. The quantitative estimate of drug-likeness (QED) is 0.414. The third kappa shape index (κ3) is 6.10. The van der Waals surface area contributed by atoms with Crippen molar-refractivity contribution in [3.05, 3.63) is 29.3 Å². The van der Waals surface area contributed by atoms with E-state index in [2.05, 4.69) is 56.9 Å². The third-order valence-corrected chi connectivity index (χ3v) is 6.45. The van der Waals surface area contributed by atoms with E-state index in [0.717, 1.165) is 38.6 Å². The van der Waals surface area contributed by atoms with Gasteiger partial charge in [-0.15, -0.1) is 0 Å². The standard InChI is InChI=1S/C19H33N5O2S/c1-5-27(25,26)22-11-7-10-21-19(20-4)24-14-12-23(13-15-24)18-9-6-8-16(2)17(18)3/h6,8-9,22H,5,7,10-15H2,1-4H3,(H,20,21). The molecule has 0 unspecified atom stereocenters. The van der Waals surface area contributed by atoms with Gasteiger partial charge in [0.1, 0.15) is 0 Å². The normalized spacial score (nSPS) is 15.9. The van der Waals surface area contributed by atoms with Crippen LogP contribution in [-0.4, -0.2) is 71.3 Å². The number of rotatable bonds is 7. The molecule has 0 amide bonds. The van der Waals surface area contributed by atoms with Gasteiger partial charge in [0.15, 0.2) is 5.96 Å². The predicted octanol–water partition coefficient (Wildman–Crippen LogP) is 1.33. The van der Waals surface area contributed by atoms with Gasteiger partial charge in [0.05, 0.1) is 5.75 Å². The Morgan fingerprint density at radius 2 is 1.85 bits per heavy atom. The van der Waals surface area contributed by atoms with Gasteiger partial charge in [-0.1, -0.05) is 12.1 Å². The van der Waals surface area contributed by atoms with Crippen molar-refractivity contribution in [3.63, 3.8) is 0 Å². The second-order valence-corrected chi connectivity index (χ2v) is 8.91. The average Bonchev–Trinajstić information content (AvgIpc) is 2.67. The van der Waals surface area contributed by atoms with Crippen LogP contribution >= 0.6 is 0 Å². The number of nitrogens with one attached hydrogen (secondary N) is 2. The Bertz CT molecular complexity index is 740. The van der Waals surface area contributed by atoms with Gasteiger partial charge in [-0.2, -0.15) is 0 Å². The van der Waals surface area contributed by atoms with E-state index in [9.17, 15) is 8.42 Å². The first kappa shape index (κ1) is 21.5. The summed E-state index contributed by atoms with van der Waals surface area (Å²) in [5.41, 5.74) is 4.00. The van der Waals surface area contributed by atoms with E-state index in [4.69, 9.17) is 0 Å². The van der Waals surface area contributed by atoms with Crippen LogP contribution in [0.5, 0.6) is 0 Å². The number of aliphatic imine (C=N–C) groups is 1.